The highest BCUT2D eigenvalue weighted by Gasteiger charge is 2.31. The maximum atomic E-state index is 12.8. The lowest BCUT2D eigenvalue weighted by molar-refractivity contribution is -0.132. The minimum Gasteiger partial charge on any atom is -0.493 e. The number of benzene rings is 2. The molecule has 0 saturated carbocycles. The molecule has 1 aliphatic carbocycles. The number of hydrogen-bond acceptors (Lipinski definition) is 4. The fourth-order valence-corrected chi connectivity index (χ4v) is 4.47. The number of carbonyl (C=O) groups excluding carboxylic acids is 1. The van der Waals surface area contributed by atoms with Gasteiger partial charge in [-0.2, -0.15) is 0 Å². The van der Waals surface area contributed by atoms with Crippen molar-refractivity contribution < 1.29 is 14.3 Å². The fourth-order valence-electron chi connectivity index (χ4n) is 4.47. The molecule has 1 fully saturated rings. The van der Waals surface area contributed by atoms with Gasteiger partial charge in [0, 0.05) is 32.2 Å². The van der Waals surface area contributed by atoms with Crippen LogP contribution in [0.25, 0.3) is 0 Å². The second kappa shape index (κ2) is 8.23. The molecule has 1 amide bonds. The van der Waals surface area contributed by atoms with Crippen LogP contribution >= 0.6 is 0 Å². The first-order chi connectivity index (χ1) is 13.7. The lowest BCUT2D eigenvalue weighted by Gasteiger charge is -2.38. The molecule has 2 aromatic rings. The van der Waals surface area contributed by atoms with Gasteiger partial charge in [-0.25, -0.2) is 0 Å². The Morgan fingerprint density at radius 3 is 2.50 bits per heavy atom. The molecule has 1 unspecified atom stereocenters. The van der Waals surface area contributed by atoms with Crippen molar-refractivity contribution in [3.8, 4) is 11.5 Å². The van der Waals surface area contributed by atoms with Crippen molar-refractivity contribution in [2.45, 2.75) is 25.3 Å². The molecule has 5 heteroatoms. The van der Waals surface area contributed by atoms with Gasteiger partial charge >= 0.3 is 0 Å². The van der Waals surface area contributed by atoms with Gasteiger partial charge in [0.15, 0.2) is 11.5 Å². The quantitative estimate of drug-likeness (QED) is 0.800. The molecule has 0 N–H and O–H groups in total. The van der Waals surface area contributed by atoms with E-state index in [-0.39, 0.29) is 5.91 Å². The van der Waals surface area contributed by atoms with Crippen molar-refractivity contribution in [1.82, 2.24) is 9.80 Å². The molecule has 1 saturated heterocycles. The van der Waals surface area contributed by atoms with E-state index < -0.39 is 0 Å². The van der Waals surface area contributed by atoms with E-state index >= 15 is 0 Å². The van der Waals surface area contributed by atoms with Crippen LogP contribution in [0.3, 0.4) is 0 Å². The number of methoxy groups -OCH3 is 2. The summed E-state index contributed by atoms with van der Waals surface area (Å²) in [6.07, 6.45) is 2.75. The second-order valence-electron chi connectivity index (χ2n) is 7.54. The van der Waals surface area contributed by atoms with Crippen LogP contribution in [0.2, 0.25) is 0 Å². The molecule has 4 rings (SSSR count). The number of fused-ring (bicyclic) bond motifs is 1. The van der Waals surface area contributed by atoms with E-state index in [0.29, 0.717) is 24.0 Å². The van der Waals surface area contributed by atoms with E-state index in [1.165, 1.54) is 24.0 Å². The first-order valence-electron chi connectivity index (χ1n) is 10.00. The summed E-state index contributed by atoms with van der Waals surface area (Å²) in [5.41, 5.74) is 3.92. The lowest BCUT2D eigenvalue weighted by atomic mass is 10.1. The molecule has 5 nitrogen and oxygen atoms in total. The van der Waals surface area contributed by atoms with Crippen LogP contribution in [-0.4, -0.2) is 56.1 Å². The van der Waals surface area contributed by atoms with Crippen molar-refractivity contribution in [1.29, 1.82) is 0 Å². The molecular weight excluding hydrogens is 352 g/mol. The van der Waals surface area contributed by atoms with Gasteiger partial charge < -0.3 is 14.4 Å². The molecule has 148 valence electrons. The highest BCUT2D eigenvalue weighted by molar-refractivity contribution is 5.79. The summed E-state index contributed by atoms with van der Waals surface area (Å²) >= 11 is 0. The lowest BCUT2D eigenvalue weighted by Crippen LogP contribution is -2.49. The van der Waals surface area contributed by atoms with Crippen molar-refractivity contribution in [2.75, 3.05) is 40.4 Å². The largest absolute Gasteiger partial charge is 0.493 e. The number of ether oxygens (including phenoxy) is 2. The summed E-state index contributed by atoms with van der Waals surface area (Å²) in [6, 6.07) is 15.0. The molecule has 0 radical (unpaired) electrons. The average molecular weight is 380 g/mol. The molecule has 0 aromatic heterocycles. The highest BCUT2D eigenvalue weighted by Crippen LogP contribution is 2.36. The predicted molar refractivity (Wildman–Crippen MR) is 109 cm³/mol. The van der Waals surface area contributed by atoms with Crippen LogP contribution in [0, 0.1) is 0 Å². The summed E-state index contributed by atoms with van der Waals surface area (Å²) in [5, 5.41) is 0. The zero-order chi connectivity index (χ0) is 19.5. The van der Waals surface area contributed by atoms with E-state index in [9.17, 15) is 4.79 Å². The van der Waals surface area contributed by atoms with Crippen LogP contribution in [0.15, 0.2) is 42.5 Å². The third-order valence-electron chi connectivity index (χ3n) is 6.01. The Bertz CT molecular complexity index is 843. The maximum absolute atomic E-state index is 12.8. The summed E-state index contributed by atoms with van der Waals surface area (Å²) in [4.78, 5) is 17.3. The monoisotopic (exact) mass is 380 g/mol. The van der Waals surface area contributed by atoms with Gasteiger partial charge in [-0.05, 0) is 41.7 Å². The summed E-state index contributed by atoms with van der Waals surface area (Å²) in [6.45, 7) is 3.48. The number of nitrogens with zero attached hydrogens (tertiary/aromatic N) is 2. The third kappa shape index (κ3) is 3.72. The van der Waals surface area contributed by atoms with Crippen LogP contribution in [0.5, 0.6) is 11.5 Å². The Balaban J connectivity index is 1.35. The van der Waals surface area contributed by atoms with Crippen LogP contribution in [-0.2, 0) is 17.6 Å². The highest BCUT2D eigenvalue weighted by atomic mass is 16.5. The third-order valence-corrected chi connectivity index (χ3v) is 6.01. The Labute approximate surface area is 166 Å². The summed E-state index contributed by atoms with van der Waals surface area (Å²) in [7, 11) is 3.23. The predicted octanol–water partition coefficient (Wildman–Crippen LogP) is 3.08. The van der Waals surface area contributed by atoms with Crippen molar-refractivity contribution in [3.63, 3.8) is 0 Å². The SMILES string of the molecule is COc1ccc(CC(=O)N2CCN(C3CCc4ccccc43)CC2)cc1OC. The van der Waals surface area contributed by atoms with Gasteiger partial charge in [0.2, 0.25) is 5.91 Å². The molecule has 2 aromatic carbocycles. The summed E-state index contributed by atoms with van der Waals surface area (Å²) in [5.74, 6) is 1.53. The molecule has 2 aliphatic rings. The number of aryl methyl sites for hydroxylation is 1. The normalized spacial score (nSPS) is 19.4. The van der Waals surface area contributed by atoms with Crippen LogP contribution in [0.1, 0.15) is 29.2 Å². The van der Waals surface area contributed by atoms with Crippen LogP contribution < -0.4 is 9.47 Å². The minimum atomic E-state index is 0.179. The van der Waals surface area contributed by atoms with Gasteiger partial charge in [-0.15, -0.1) is 0 Å². The molecule has 1 atom stereocenters. The first kappa shape index (κ1) is 18.8. The maximum Gasteiger partial charge on any atom is 0.227 e. The molecular formula is C23H28N2O3. The Hall–Kier alpha value is -2.53. The van der Waals surface area contributed by atoms with E-state index in [1.54, 1.807) is 14.2 Å². The van der Waals surface area contributed by atoms with Gasteiger partial charge in [0.05, 0.1) is 20.6 Å². The van der Waals surface area contributed by atoms with Gasteiger partial charge in [0.1, 0.15) is 0 Å². The zero-order valence-corrected chi connectivity index (χ0v) is 16.7. The number of hydrogen-bond donors (Lipinski definition) is 0. The fraction of sp³-hybridized carbons (Fsp3) is 0.435. The molecule has 28 heavy (non-hydrogen) atoms. The topological polar surface area (TPSA) is 42.0 Å². The minimum absolute atomic E-state index is 0.179. The Morgan fingerprint density at radius 1 is 1.00 bits per heavy atom. The van der Waals surface area contributed by atoms with Crippen molar-refractivity contribution in [2.24, 2.45) is 0 Å². The van der Waals surface area contributed by atoms with Crippen molar-refractivity contribution >= 4 is 5.91 Å². The van der Waals surface area contributed by atoms with Crippen LogP contribution in [0.4, 0.5) is 0 Å². The van der Waals surface area contributed by atoms with Gasteiger partial charge in [-0.1, -0.05) is 30.3 Å². The van der Waals surface area contributed by atoms with E-state index in [4.69, 9.17) is 9.47 Å². The zero-order valence-electron chi connectivity index (χ0n) is 16.7. The van der Waals surface area contributed by atoms with Crippen molar-refractivity contribution in [3.05, 3.63) is 59.2 Å². The molecule has 0 spiro atoms. The van der Waals surface area contributed by atoms with E-state index in [0.717, 1.165) is 31.7 Å². The number of amides is 1. The molecule has 1 heterocycles. The average Bonchev–Trinajstić information content (AvgIpc) is 3.18. The van der Waals surface area contributed by atoms with Gasteiger partial charge in [-0.3, -0.25) is 9.69 Å². The Kier molecular flexibility index (Phi) is 5.53. The number of carbonyl (C=O) groups is 1. The molecule has 0 bridgehead atoms. The Morgan fingerprint density at radius 2 is 1.75 bits per heavy atom. The van der Waals surface area contributed by atoms with Gasteiger partial charge in [0.25, 0.3) is 0 Å². The van der Waals surface area contributed by atoms with E-state index in [2.05, 4.69) is 29.2 Å². The smallest absolute Gasteiger partial charge is 0.227 e. The number of rotatable bonds is 5. The first-order valence-corrected chi connectivity index (χ1v) is 10.00. The number of piperazine rings is 1. The summed E-state index contributed by atoms with van der Waals surface area (Å²) < 4.78 is 10.6. The molecule has 1 aliphatic heterocycles. The second-order valence-corrected chi connectivity index (χ2v) is 7.54. The van der Waals surface area contributed by atoms with E-state index in [1.807, 2.05) is 23.1 Å². The standard InChI is InChI=1S/C23H28N2O3/c1-27-21-10-7-17(15-22(21)28-2)16-23(26)25-13-11-24(12-14-25)20-9-8-18-5-3-4-6-19(18)20/h3-7,10,15,20H,8-9,11-14,16H2,1-2H3.